The van der Waals surface area contributed by atoms with Gasteiger partial charge in [0.1, 0.15) is 5.75 Å². The second-order valence-electron chi connectivity index (χ2n) is 4.91. The molecule has 1 aromatic carbocycles. The third-order valence-electron chi connectivity index (χ3n) is 2.56. The molecule has 0 fully saturated rings. The minimum absolute atomic E-state index is 0.506. The van der Waals surface area contributed by atoms with Crippen LogP contribution in [-0.2, 0) is 26.8 Å². The summed E-state index contributed by atoms with van der Waals surface area (Å²) in [5, 5.41) is 0. The molecule has 0 spiro atoms. The van der Waals surface area contributed by atoms with E-state index in [2.05, 4.69) is 45.4 Å². The second-order valence-corrected chi connectivity index (χ2v) is 8.54. The molecule has 3 nitrogen and oxygen atoms in total. The fraction of sp³-hybridized carbons (Fsp3) is 0.538. The van der Waals surface area contributed by atoms with Crippen LogP contribution in [0.15, 0.2) is 12.1 Å². The normalized spacial score (nSPS) is 12.1. The number of benzene rings is 1. The van der Waals surface area contributed by atoms with Crippen LogP contribution >= 0.6 is 0 Å². The Morgan fingerprint density at radius 1 is 1.10 bits per heavy atom. The molecular weight excluding hydrogens is 325 g/mol. The molecule has 0 aromatic heterocycles. The van der Waals surface area contributed by atoms with Gasteiger partial charge in [-0.3, -0.25) is 0 Å². The van der Waals surface area contributed by atoms with Gasteiger partial charge in [0.15, 0.2) is 10.1 Å². The summed E-state index contributed by atoms with van der Waals surface area (Å²) >= 11 is 0. The molecule has 21 heavy (non-hydrogen) atoms. The van der Waals surface area contributed by atoms with E-state index in [0.717, 1.165) is 0 Å². The lowest BCUT2D eigenvalue weighted by Crippen LogP contribution is -2.21. The fourth-order valence-electron chi connectivity index (χ4n) is 1.73. The summed E-state index contributed by atoms with van der Waals surface area (Å²) in [4.78, 5) is 0. The van der Waals surface area contributed by atoms with Crippen molar-refractivity contribution in [3.05, 3.63) is 34.4 Å². The maximum Gasteiger partial charge on any atom is 0.485 e. The highest BCUT2D eigenvalue weighted by Crippen LogP contribution is 2.20. The van der Waals surface area contributed by atoms with Crippen LogP contribution in [0.3, 0.4) is 0 Å². The molecule has 0 saturated carbocycles. The van der Waals surface area contributed by atoms with Crippen molar-refractivity contribution < 1.29 is 26.1 Å². The number of halogens is 3. The van der Waals surface area contributed by atoms with Crippen LogP contribution < -0.4 is 0 Å². The highest BCUT2D eigenvalue weighted by atomic mass is 32.2. The van der Waals surface area contributed by atoms with Crippen molar-refractivity contribution in [3.8, 4) is 0 Å². The zero-order valence-corrected chi connectivity index (χ0v) is 14.2. The van der Waals surface area contributed by atoms with Crippen LogP contribution in [0.5, 0.6) is 0 Å². The predicted molar refractivity (Wildman–Crippen MR) is 79.3 cm³/mol. The highest BCUT2D eigenvalue weighted by Gasteiger charge is 2.36. The molecule has 0 aliphatic rings. The molecule has 8 heteroatoms. The molecular formula is C13H19F3O3S2. The van der Waals surface area contributed by atoms with Crippen LogP contribution in [0.1, 0.15) is 22.3 Å². The third-order valence-corrected chi connectivity index (χ3v) is 3.99. The smallest absolute Gasteiger partial charge is 0.485 e. The molecule has 0 amide bonds. The van der Waals surface area contributed by atoms with Gasteiger partial charge in [-0.15, -0.1) is 0 Å². The van der Waals surface area contributed by atoms with Gasteiger partial charge in [-0.1, -0.05) is 17.7 Å². The number of alkyl halides is 3. The van der Waals surface area contributed by atoms with Crippen molar-refractivity contribution in [3.63, 3.8) is 0 Å². The average Bonchev–Trinajstić information content (AvgIpc) is 2.21. The largest absolute Gasteiger partial charge is 0.741 e. The summed E-state index contributed by atoms with van der Waals surface area (Å²) < 4.78 is 58.9. The van der Waals surface area contributed by atoms with Gasteiger partial charge in [-0.05, 0) is 42.8 Å². The lowest BCUT2D eigenvalue weighted by Gasteiger charge is -2.08. The standard InChI is InChI=1S/C12H19S.CHF3O3S/c1-9-6-10(2)12(8-13(4)5)11(3)7-9;2-1(3,4)8(5,6)7/h6-7H,8H2,1-5H3;(H,5,6,7)/q+1;/p-1. The van der Waals surface area contributed by atoms with Crippen molar-refractivity contribution in [2.24, 2.45) is 0 Å². The van der Waals surface area contributed by atoms with E-state index in [4.69, 9.17) is 13.0 Å². The second kappa shape index (κ2) is 7.51. The first-order valence-electron chi connectivity index (χ1n) is 5.88. The molecule has 0 bridgehead atoms. The molecule has 1 rings (SSSR count). The quantitative estimate of drug-likeness (QED) is 0.471. The lowest BCUT2D eigenvalue weighted by molar-refractivity contribution is -0.0517. The van der Waals surface area contributed by atoms with Gasteiger partial charge in [0.25, 0.3) is 0 Å². The maximum atomic E-state index is 10.7. The number of hydrogen-bond acceptors (Lipinski definition) is 3. The van der Waals surface area contributed by atoms with Gasteiger partial charge >= 0.3 is 5.51 Å². The van der Waals surface area contributed by atoms with E-state index < -0.39 is 15.6 Å². The van der Waals surface area contributed by atoms with Gasteiger partial charge in [-0.25, -0.2) is 8.42 Å². The summed E-state index contributed by atoms with van der Waals surface area (Å²) in [6, 6.07) is 4.57. The topological polar surface area (TPSA) is 57.2 Å². The van der Waals surface area contributed by atoms with Crippen molar-refractivity contribution in [2.75, 3.05) is 12.5 Å². The molecule has 0 unspecified atom stereocenters. The first-order chi connectivity index (χ1) is 9.25. The molecule has 0 aliphatic heterocycles. The first kappa shape index (κ1) is 20.3. The Labute approximate surface area is 126 Å². The minimum atomic E-state index is -6.09. The summed E-state index contributed by atoms with van der Waals surface area (Å²) in [5.41, 5.74) is 0.203. The molecule has 0 atom stereocenters. The Morgan fingerprint density at radius 2 is 1.43 bits per heavy atom. The van der Waals surface area contributed by atoms with Gasteiger partial charge in [0, 0.05) is 5.56 Å². The van der Waals surface area contributed by atoms with E-state index in [1.54, 1.807) is 5.56 Å². The van der Waals surface area contributed by atoms with Crippen molar-refractivity contribution in [1.82, 2.24) is 0 Å². The molecule has 0 radical (unpaired) electrons. The Hall–Kier alpha value is -0.730. The molecule has 0 saturated heterocycles. The summed E-state index contributed by atoms with van der Waals surface area (Å²) in [5.74, 6) is 1.23. The maximum absolute atomic E-state index is 10.7. The number of hydrogen-bond donors (Lipinski definition) is 0. The van der Waals surface area contributed by atoms with Gasteiger partial charge in [0.2, 0.25) is 0 Å². The first-order valence-corrected chi connectivity index (χ1v) is 9.50. The molecule has 1 aromatic rings. The molecule has 122 valence electrons. The summed E-state index contributed by atoms with van der Waals surface area (Å²) in [6.45, 7) is 6.62. The Balaban J connectivity index is 0.000000433. The Kier molecular flexibility index (Phi) is 7.25. The summed E-state index contributed by atoms with van der Waals surface area (Å²) in [7, 11) is -5.58. The third kappa shape index (κ3) is 7.19. The SMILES string of the molecule is Cc1cc(C)c(C[S+](C)C)c(C)c1.O=S(=O)([O-])C(F)(F)F. The molecule has 0 heterocycles. The van der Waals surface area contributed by atoms with E-state index in [1.165, 1.54) is 22.4 Å². The average molecular weight is 344 g/mol. The minimum Gasteiger partial charge on any atom is -0.741 e. The van der Waals surface area contributed by atoms with E-state index in [-0.39, 0.29) is 0 Å². The molecule has 0 N–H and O–H groups in total. The van der Waals surface area contributed by atoms with Crippen LogP contribution in [0, 0.1) is 20.8 Å². The van der Waals surface area contributed by atoms with Crippen LogP contribution in [0.4, 0.5) is 13.2 Å². The Bertz CT molecular complexity index is 556. The zero-order valence-electron chi connectivity index (χ0n) is 12.5. The lowest BCUT2D eigenvalue weighted by atomic mass is 10.0. The van der Waals surface area contributed by atoms with Crippen LogP contribution in [-0.4, -0.2) is 31.0 Å². The van der Waals surface area contributed by atoms with Gasteiger partial charge < -0.3 is 4.55 Å². The summed E-state index contributed by atoms with van der Waals surface area (Å²) in [6.07, 6.45) is 4.61. The van der Waals surface area contributed by atoms with Crippen LogP contribution in [0.2, 0.25) is 0 Å². The highest BCUT2D eigenvalue weighted by molar-refractivity contribution is 7.94. The Morgan fingerprint density at radius 3 is 1.67 bits per heavy atom. The predicted octanol–water partition coefficient (Wildman–Crippen LogP) is 3.04. The van der Waals surface area contributed by atoms with E-state index in [9.17, 15) is 13.2 Å². The van der Waals surface area contributed by atoms with E-state index >= 15 is 0 Å². The van der Waals surface area contributed by atoms with Crippen molar-refractivity contribution in [1.29, 1.82) is 0 Å². The van der Waals surface area contributed by atoms with Crippen molar-refractivity contribution in [2.45, 2.75) is 32.0 Å². The monoisotopic (exact) mass is 344 g/mol. The number of rotatable bonds is 2. The van der Waals surface area contributed by atoms with Crippen LogP contribution in [0.25, 0.3) is 0 Å². The fourth-order valence-corrected chi connectivity index (χ4v) is 2.76. The zero-order chi connectivity index (χ0) is 17.0. The van der Waals surface area contributed by atoms with E-state index in [1.807, 2.05) is 0 Å². The van der Waals surface area contributed by atoms with Crippen molar-refractivity contribution >= 4 is 21.0 Å². The van der Waals surface area contributed by atoms with E-state index in [0.29, 0.717) is 10.9 Å². The van der Waals surface area contributed by atoms with Gasteiger partial charge in [-0.2, -0.15) is 13.2 Å². The molecule has 0 aliphatic carbocycles. The van der Waals surface area contributed by atoms with Gasteiger partial charge in [0.05, 0.1) is 12.5 Å². The number of aryl methyl sites for hydroxylation is 3.